The highest BCUT2D eigenvalue weighted by atomic mass is 127. The predicted molar refractivity (Wildman–Crippen MR) is 58.5 cm³/mol. The van der Waals surface area contributed by atoms with Crippen LogP contribution in [0.2, 0.25) is 0 Å². The lowest BCUT2D eigenvalue weighted by atomic mass is 9.67. The van der Waals surface area contributed by atoms with Crippen LogP contribution in [0.15, 0.2) is 0 Å². The van der Waals surface area contributed by atoms with Crippen molar-refractivity contribution in [3.8, 4) is 0 Å². The SMILES string of the molecule is CC1(I)CC2CCC(O)C(C2)C1. The second-order valence-corrected chi connectivity index (χ2v) is 7.43. The molecular weight excluding hydrogens is 263 g/mol. The van der Waals surface area contributed by atoms with Gasteiger partial charge in [-0.25, -0.2) is 0 Å². The first-order valence-electron chi connectivity index (χ1n) is 4.94. The number of aliphatic hydroxyl groups excluding tert-OH is 1. The van der Waals surface area contributed by atoms with Gasteiger partial charge in [0.25, 0.3) is 0 Å². The first-order chi connectivity index (χ1) is 5.57. The van der Waals surface area contributed by atoms with Gasteiger partial charge in [-0.05, 0) is 43.9 Å². The first kappa shape index (κ1) is 9.25. The first-order valence-corrected chi connectivity index (χ1v) is 6.02. The van der Waals surface area contributed by atoms with Crippen LogP contribution in [0.1, 0.15) is 39.0 Å². The van der Waals surface area contributed by atoms with Crippen LogP contribution in [0.3, 0.4) is 0 Å². The van der Waals surface area contributed by atoms with Crippen LogP contribution in [-0.4, -0.2) is 14.6 Å². The van der Waals surface area contributed by atoms with Crippen molar-refractivity contribution in [1.82, 2.24) is 0 Å². The van der Waals surface area contributed by atoms with Crippen LogP contribution in [0.5, 0.6) is 0 Å². The Morgan fingerprint density at radius 1 is 1.33 bits per heavy atom. The number of fused-ring (bicyclic) bond motifs is 2. The number of aliphatic hydroxyl groups is 1. The van der Waals surface area contributed by atoms with E-state index in [1.54, 1.807) is 0 Å². The highest BCUT2D eigenvalue weighted by Crippen LogP contribution is 2.48. The van der Waals surface area contributed by atoms with Crippen LogP contribution >= 0.6 is 22.6 Å². The van der Waals surface area contributed by atoms with E-state index in [0.29, 0.717) is 9.34 Å². The molecule has 2 heteroatoms. The fourth-order valence-electron chi connectivity index (χ4n) is 2.98. The third kappa shape index (κ3) is 1.79. The molecule has 2 saturated carbocycles. The van der Waals surface area contributed by atoms with Crippen molar-refractivity contribution in [3.63, 3.8) is 0 Å². The normalized spacial score (nSPS) is 53.8. The molecule has 2 aliphatic carbocycles. The van der Waals surface area contributed by atoms with Gasteiger partial charge in [-0.15, -0.1) is 0 Å². The Morgan fingerprint density at radius 2 is 2.08 bits per heavy atom. The molecule has 0 heterocycles. The van der Waals surface area contributed by atoms with Gasteiger partial charge in [0.2, 0.25) is 0 Å². The van der Waals surface area contributed by atoms with E-state index in [-0.39, 0.29) is 6.10 Å². The van der Waals surface area contributed by atoms with E-state index in [0.717, 1.165) is 12.3 Å². The van der Waals surface area contributed by atoms with E-state index in [1.165, 1.54) is 25.7 Å². The third-order valence-electron chi connectivity index (χ3n) is 3.45. The number of alkyl halides is 1. The Labute approximate surface area is 88.1 Å². The van der Waals surface area contributed by atoms with Crippen molar-refractivity contribution in [1.29, 1.82) is 0 Å². The van der Waals surface area contributed by atoms with E-state index in [2.05, 4.69) is 29.5 Å². The van der Waals surface area contributed by atoms with Gasteiger partial charge in [0.15, 0.2) is 0 Å². The van der Waals surface area contributed by atoms with Crippen LogP contribution in [-0.2, 0) is 0 Å². The van der Waals surface area contributed by atoms with Crippen molar-refractivity contribution < 1.29 is 5.11 Å². The largest absolute Gasteiger partial charge is 0.393 e. The van der Waals surface area contributed by atoms with Gasteiger partial charge in [0.1, 0.15) is 0 Å². The quantitative estimate of drug-likeness (QED) is 0.534. The molecule has 2 aliphatic rings. The summed E-state index contributed by atoms with van der Waals surface area (Å²) in [7, 11) is 0. The van der Waals surface area contributed by atoms with Gasteiger partial charge >= 0.3 is 0 Å². The molecule has 2 bridgehead atoms. The van der Waals surface area contributed by atoms with E-state index in [9.17, 15) is 5.11 Å². The molecule has 0 radical (unpaired) electrons. The summed E-state index contributed by atoms with van der Waals surface area (Å²) in [6.45, 7) is 2.34. The average Bonchev–Trinajstić information content (AvgIpc) is 1.95. The topological polar surface area (TPSA) is 20.2 Å². The fourth-order valence-corrected chi connectivity index (χ4v) is 4.17. The Morgan fingerprint density at radius 3 is 2.83 bits per heavy atom. The van der Waals surface area contributed by atoms with Crippen molar-refractivity contribution in [2.75, 3.05) is 0 Å². The van der Waals surface area contributed by atoms with Gasteiger partial charge in [-0.3, -0.25) is 0 Å². The molecule has 0 saturated heterocycles. The standard InChI is InChI=1S/C10H17IO/c1-10(11)5-7-2-3-9(12)8(4-7)6-10/h7-9,12H,2-6H2,1H3. The highest BCUT2D eigenvalue weighted by molar-refractivity contribution is 14.1. The third-order valence-corrected chi connectivity index (χ3v) is 4.33. The summed E-state index contributed by atoms with van der Waals surface area (Å²) >= 11 is 2.58. The maximum absolute atomic E-state index is 9.75. The molecule has 0 spiro atoms. The molecule has 0 aromatic rings. The molecular formula is C10H17IO. The summed E-state index contributed by atoms with van der Waals surface area (Å²) in [5.41, 5.74) is 0. The van der Waals surface area contributed by atoms with Crippen LogP contribution < -0.4 is 0 Å². The molecule has 0 amide bonds. The van der Waals surface area contributed by atoms with E-state index < -0.39 is 0 Å². The number of halogens is 1. The summed E-state index contributed by atoms with van der Waals surface area (Å²) < 4.78 is 0.465. The van der Waals surface area contributed by atoms with E-state index in [4.69, 9.17) is 0 Å². The van der Waals surface area contributed by atoms with Crippen molar-refractivity contribution >= 4 is 22.6 Å². The molecule has 0 aromatic carbocycles. The zero-order valence-corrected chi connectivity index (χ0v) is 9.75. The van der Waals surface area contributed by atoms with E-state index in [1.807, 2.05) is 0 Å². The summed E-state index contributed by atoms with van der Waals surface area (Å²) in [6.07, 6.45) is 6.22. The summed E-state index contributed by atoms with van der Waals surface area (Å²) in [6, 6.07) is 0. The minimum atomic E-state index is 0.00985. The Kier molecular flexibility index (Phi) is 2.41. The number of hydrogen-bond donors (Lipinski definition) is 1. The Hall–Kier alpha value is 0.690. The minimum absolute atomic E-state index is 0.00985. The van der Waals surface area contributed by atoms with Crippen LogP contribution in [0.4, 0.5) is 0 Å². The molecule has 0 aliphatic heterocycles. The smallest absolute Gasteiger partial charge is 0.0569 e. The Balaban J connectivity index is 2.09. The summed E-state index contributed by atoms with van der Waals surface area (Å²) in [5, 5.41) is 9.75. The lowest BCUT2D eigenvalue weighted by Crippen LogP contribution is -2.40. The maximum atomic E-state index is 9.75. The average molecular weight is 280 g/mol. The van der Waals surface area contributed by atoms with Gasteiger partial charge in [-0.1, -0.05) is 29.5 Å². The second-order valence-electron chi connectivity index (χ2n) is 4.83. The molecule has 0 aromatic heterocycles. The fraction of sp³-hybridized carbons (Fsp3) is 1.00. The van der Waals surface area contributed by atoms with Gasteiger partial charge < -0.3 is 5.11 Å². The maximum Gasteiger partial charge on any atom is 0.0569 e. The molecule has 2 rings (SSSR count). The summed E-state index contributed by atoms with van der Waals surface area (Å²) in [5.74, 6) is 1.52. The molecule has 4 atom stereocenters. The van der Waals surface area contributed by atoms with Gasteiger partial charge in [0.05, 0.1) is 6.10 Å². The number of rotatable bonds is 0. The van der Waals surface area contributed by atoms with Crippen LogP contribution in [0.25, 0.3) is 0 Å². The van der Waals surface area contributed by atoms with Crippen molar-refractivity contribution in [2.24, 2.45) is 11.8 Å². The van der Waals surface area contributed by atoms with Crippen molar-refractivity contribution in [2.45, 2.75) is 48.6 Å². The van der Waals surface area contributed by atoms with Crippen molar-refractivity contribution in [3.05, 3.63) is 0 Å². The molecule has 1 N–H and O–H groups in total. The zero-order valence-electron chi connectivity index (χ0n) is 7.59. The molecule has 12 heavy (non-hydrogen) atoms. The molecule has 4 unspecified atom stereocenters. The number of hydrogen-bond acceptors (Lipinski definition) is 1. The lowest BCUT2D eigenvalue weighted by Gasteiger charge is -2.44. The van der Waals surface area contributed by atoms with Gasteiger partial charge in [0, 0.05) is 3.42 Å². The molecule has 70 valence electrons. The zero-order chi connectivity index (χ0) is 8.77. The monoisotopic (exact) mass is 280 g/mol. The Bertz CT molecular complexity index is 179. The second kappa shape index (κ2) is 3.12. The highest BCUT2D eigenvalue weighted by Gasteiger charge is 2.40. The lowest BCUT2D eigenvalue weighted by molar-refractivity contribution is 0.0154. The van der Waals surface area contributed by atoms with Gasteiger partial charge in [-0.2, -0.15) is 0 Å². The predicted octanol–water partition coefficient (Wildman–Crippen LogP) is 2.75. The summed E-state index contributed by atoms with van der Waals surface area (Å²) in [4.78, 5) is 0. The minimum Gasteiger partial charge on any atom is -0.393 e. The molecule has 2 fully saturated rings. The van der Waals surface area contributed by atoms with E-state index >= 15 is 0 Å². The van der Waals surface area contributed by atoms with Crippen LogP contribution in [0, 0.1) is 11.8 Å². The molecule has 1 nitrogen and oxygen atoms in total.